The fourth-order valence-electron chi connectivity index (χ4n) is 2.57. The number of benzene rings is 1. The van der Waals surface area contributed by atoms with Crippen LogP contribution in [-0.2, 0) is 18.4 Å². The van der Waals surface area contributed by atoms with Crippen LogP contribution >= 0.6 is 0 Å². The Hall–Kier alpha value is -3.69. The molecule has 150 valence electrons. The van der Waals surface area contributed by atoms with Crippen molar-refractivity contribution in [2.75, 3.05) is 0 Å². The van der Waals surface area contributed by atoms with Crippen molar-refractivity contribution in [1.29, 1.82) is 0 Å². The molecule has 0 unspecified atom stereocenters. The van der Waals surface area contributed by atoms with Gasteiger partial charge in [0.25, 0.3) is 0 Å². The van der Waals surface area contributed by atoms with Crippen LogP contribution in [0.2, 0.25) is 0 Å². The number of ether oxygens (including phenoxy) is 1. The van der Waals surface area contributed by atoms with Gasteiger partial charge in [-0.1, -0.05) is 19.1 Å². The van der Waals surface area contributed by atoms with Crippen LogP contribution in [0.4, 0.5) is 0 Å². The van der Waals surface area contributed by atoms with E-state index in [2.05, 4.69) is 30.6 Å². The van der Waals surface area contributed by atoms with E-state index < -0.39 is 0 Å². The molecule has 10 nitrogen and oxygen atoms in total. The lowest BCUT2D eigenvalue weighted by atomic mass is 10.1. The highest BCUT2D eigenvalue weighted by atomic mass is 16.5. The molecule has 0 aliphatic carbocycles. The van der Waals surface area contributed by atoms with Gasteiger partial charge in [-0.3, -0.25) is 0 Å². The molecule has 3 aromatic rings. The zero-order valence-electron chi connectivity index (χ0n) is 16.8. The molecule has 0 spiro atoms. The molecule has 1 aromatic carbocycles. The van der Waals surface area contributed by atoms with Crippen molar-refractivity contribution in [1.82, 2.24) is 29.8 Å². The summed E-state index contributed by atoms with van der Waals surface area (Å²) in [5.74, 6) is 0.474. The molecule has 0 amide bonds. The maximum Gasteiger partial charge on any atom is 0.368 e. The summed E-state index contributed by atoms with van der Waals surface area (Å²) in [7, 11) is 1.55. The maximum atomic E-state index is 12.2. The average Bonchev–Trinajstić information content (AvgIpc) is 3.07. The number of tetrazole rings is 1. The highest BCUT2D eigenvalue weighted by molar-refractivity contribution is 5.98. The topological polar surface area (TPSA) is 112 Å². The molecule has 0 fully saturated rings. The Morgan fingerprint density at radius 3 is 2.59 bits per heavy atom. The Bertz CT molecular complexity index is 1100. The predicted molar refractivity (Wildman–Crippen MR) is 108 cm³/mol. The number of rotatable bonds is 6. The summed E-state index contributed by atoms with van der Waals surface area (Å²) < 4.78 is 8.33. The second kappa shape index (κ2) is 9.00. The maximum absolute atomic E-state index is 12.2. The van der Waals surface area contributed by atoms with Crippen LogP contribution in [0, 0.1) is 6.92 Å². The molecule has 0 N–H and O–H groups in total. The van der Waals surface area contributed by atoms with Gasteiger partial charge in [0, 0.05) is 37.0 Å². The number of nitrogens with zero attached hydrogens (tertiary/aromatic N) is 8. The lowest BCUT2D eigenvalue weighted by Gasteiger charge is -2.13. The zero-order valence-corrected chi connectivity index (χ0v) is 16.8. The monoisotopic (exact) mass is 394 g/mol. The molecule has 0 bridgehead atoms. The summed E-state index contributed by atoms with van der Waals surface area (Å²) in [5, 5.41) is 16.1. The molecule has 10 heteroatoms. The first-order valence-electron chi connectivity index (χ1n) is 9.08. The normalized spacial score (nSPS) is 12.3. The minimum Gasteiger partial charge on any atom is -0.475 e. The van der Waals surface area contributed by atoms with E-state index in [4.69, 9.17) is 4.74 Å². The van der Waals surface area contributed by atoms with Crippen LogP contribution in [0.5, 0.6) is 0 Å². The standard InChI is InChI=1S/C19H22N8O2/c1-5-18(23-22-14(3)15-9-20-12-21-10-15)29-11-16-13(2)7-6-8-17(16)27-19(28)26(4)24-25-27/h6-10,12H,5,11H2,1-4H3. The molecular weight excluding hydrogens is 372 g/mol. The molecule has 0 saturated heterocycles. The molecule has 0 atom stereocenters. The van der Waals surface area contributed by atoms with Gasteiger partial charge in [0.15, 0.2) is 0 Å². The Balaban J connectivity index is 1.83. The van der Waals surface area contributed by atoms with E-state index in [1.807, 2.05) is 39.0 Å². The van der Waals surface area contributed by atoms with Crippen molar-refractivity contribution in [3.8, 4) is 5.69 Å². The van der Waals surface area contributed by atoms with Crippen molar-refractivity contribution >= 4 is 11.6 Å². The Labute approximate surface area is 167 Å². The van der Waals surface area contributed by atoms with Gasteiger partial charge in [-0.25, -0.2) is 14.8 Å². The van der Waals surface area contributed by atoms with Gasteiger partial charge in [-0.15, -0.1) is 5.10 Å². The molecule has 0 radical (unpaired) electrons. The van der Waals surface area contributed by atoms with Crippen molar-refractivity contribution in [2.45, 2.75) is 33.8 Å². The van der Waals surface area contributed by atoms with E-state index in [-0.39, 0.29) is 12.3 Å². The second-order valence-corrected chi connectivity index (χ2v) is 6.32. The fraction of sp³-hybridized carbons (Fsp3) is 0.316. The van der Waals surface area contributed by atoms with Gasteiger partial charge >= 0.3 is 5.69 Å². The van der Waals surface area contributed by atoms with Crippen LogP contribution in [0.15, 0.2) is 51.9 Å². The van der Waals surface area contributed by atoms with Crippen molar-refractivity contribution in [3.63, 3.8) is 0 Å². The molecular formula is C19H22N8O2. The molecule has 3 rings (SSSR count). The van der Waals surface area contributed by atoms with Crippen molar-refractivity contribution in [2.24, 2.45) is 17.3 Å². The first-order chi connectivity index (χ1) is 14.0. The van der Waals surface area contributed by atoms with Gasteiger partial charge < -0.3 is 4.74 Å². The minimum atomic E-state index is -0.327. The van der Waals surface area contributed by atoms with Crippen LogP contribution in [0.25, 0.3) is 5.69 Å². The van der Waals surface area contributed by atoms with Gasteiger partial charge in [0.05, 0.1) is 11.4 Å². The highest BCUT2D eigenvalue weighted by Crippen LogP contribution is 2.18. The second-order valence-electron chi connectivity index (χ2n) is 6.32. The van der Waals surface area contributed by atoms with E-state index in [1.165, 1.54) is 15.7 Å². The molecule has 0 aliphatic rings. The third kappa shape index (κ3) is 4.60. The number of hydrogen-bond acceptors (Lipinski definition) is 8. The molecule has 29 heavy (non-hydrogen) atoms. The number of hydrogen-bond donors (Lipinski definition) is 0. The Morgan fingerprint density at radius 2 is 1.93 bits per heavy atom. The minimum absolute atomic E-state index is 0.223. The molecule has 0 aliphatic heterocycles. The first-order valence-corrected chi connectivity index (χ1v) is 9.08. The van der Waals surface area contributed by atoms with Crippen LogP contribution in [0.3, 0.4) is 0 Å². The molecule has 2 heterocycles. The summed E-state index contributed by atoms with van der Waals surface area (Å²) in [6, 6.07) is 5.62. The molecule has 2 aromatic heterocycles. The smallest absolute Gasteiger partial charge is 0.368 e. The third-order valence-corrected chi connectivity index (χ3v) is 4.31. The average molecular weight is 394 g/mol. The van der Waals surface area contributed by atoms with Gasteiger partial charge in [0.1, 0.15) is 12.9 Å². The van der Waals surface area contributed by atoms with E-state index in [0.29, 0.717) is 23.7 Å². The van der Waals surface area contributed by atoms with Gasteiger partial charge in [-0.05, 0) is 35.9 Å². The van der Waals surface area contributed by atoms with Gasteiger partial charge in [-0.2, -0.15) is 14.5 Å². The number of aryl methyl sites for hydroxylation is 2. The zero-order chi connectivity index (χ0) is 20.8. The largest absolute Gasteiger partial charge is 0.475 e. The summed E-state index contributed by atoms with van der Waals surface area (Å²) in [6.45, 7) is 5.93. The van der Waals surface area contributed by atoms with Crippen LogP contribution in [-0.4, -0.2) is 41.4 Å². The molecule has 0 saturated carbocycles. The van der Waals surface area contributed by atoms with E-state index in [9.17, 15) is 4.79 Å². The SMILES string of the molecule is CCC(=NN=C(C)c1cncnc1)OCc1c(C)cccc1-n1nnn(C)c1=O. The lowest BCUT2D eigenvalue weighted by molar-refractivity contribution is 0.282. The van der Waals surface area contributed by atoms with Crippen molar-refractivity contribution in [3.05, 3.63) is 64.1 Å². The summed E-state index contributed by atoms with van der Waals surface area (Å²) >= 11 is 0. The summed E-state index contributed by atoms with van der Waals surface area (Å²) in [4.78, 5) is 20.2. The quantitative estimate of drug-likeness (QED) is 0.358. The summed E-state index contributed by atoms with van der Waals surface area (Å²) in [5.41, 5.74) is 3.56. The Kier molecular flexibility index (Phi) is 6.22. The first kappa shape index (κ1) is 20.1. The highest BCUT2D eigenvalue weighted by Gasteiger charge is 2.14. The predicted octanol–water partition coefficient (Wildman–Crippen LogP) is 1.81. The van der Waals surface area contributed by atoms with Crippen LogP contribution in [0.1, 0.15) is 37.0 Å². The van der Waals surface area contributed by atoms with E-state index in [0.717, 1.165) is 16.7 Å². The lowest BCUT2D eigenvalue weighted by Crippen LogP contribution is -2.23. The van der Waals surface area contributed by atoms with Crippen LogP contribution < -0.4 is 5.69 Å². The van der Waals surface area contributed by atoms with Crippen molar-refractivity contribution < 1.29 is 4.74 Å². The Morgan fingerprint density at radius 1 is 1.17 bits per heavy atom. The van der Waals surface area contributed by atoms with E-state index in [1.54, 1.807) is 19.4 Å². The fourth-order valence-corrected chi connectivity index (χ4v) is 2.57. The van der Waals surface area contributed by atoms with E-state index >= 15 is 0 Å². The third-order valence-electron chi connectivity index (χ3n) is 4.31. The van der Waals surface area contributed by atoms with Gasteiger partial charge in [0.2, 0.25) is 5.90 Å². The number of aromatic nitrogens is 6. The summed E-state index contributed by atoms with van der Waals surface area (Å²) in [6.07, 6.45) is 5.37.